The maximum atomic E-state index is 13.0. The number of carbonyl (C=O) groups is 2. The second-order valence-electron chi connectivity index (χ2n) is 8.91. The lowest BCUT2D eigenvalue weighted by molar-refractivity contribution is 0.0938. The summed E-state index contributed by atoms with van der Waals surface area (Å²) in [6.45, 7) is 6.45. The third kappa shape index (κ3) is 6.03. The fourth-order valence-corrected chi connectivity index (χ4v) is 5.06. The summed E-state index contributed by atoms with van der Waals surface area (Å²) in [5.41, 5.74) is 3.98. The number of methoxy groups -OCH3 is 2. The molecule has 1 heterocycles. The lowest BCUT2D eigenvalue weighted by Crippen LogP contribution is -2.26. The topological polar surface area (TPSA) is 81.9 Å². The number of aromatic nitrogens is 1. The molecule has 0 saturated carbocycles. The van der Waals surface area contributed by atoms with Gasteiger partial charge in [0.2, 0.25) is 0 Å². The molecule has 1 N–H and O–H groups in total. The zero-order chi connectivity index (χ0) is 27.2. The number of benzene rings is 3. The Labute approximate surface area is 226 Å². The van der Waals surface area contributed by atoms with Crippen LogP contribution in [0.25, 0.3) is 0 Å². The average Bonchev–Trinajstić information content (AvgIpc) is 3.20. The van der Waals surface area contributed by atoms with Crippen molar-refractivity contribution in [1.82, 2.24) is 9.88 Å². The van der Waals surface area contributed by atoms with Crippen LogP contribution < -0.4 is 19.6 Å². The molecule has 3 aromatic carbocycles. The summed E-state index contributed by atoms with van der Waals surface area (Å²) >= 11 is 1.46. The Balaban J connectivity index is 1.58. The van der Waals surface area contributed by atoms with E-state index in [1.165, 1.54) is 18.4 Å². The van der Waals surface area contributed by atoms with Gasteiger partial charge in [0.25, 0.3) is 11.8 Å². The van der Waals surface area contributed by atoms with Gasteiger partial charge in [0.05, 0.1) is 26.8 Å². The molecule has 0 spiro atoms. The van der Waals surface area contributed by atoms with Gasteiger partial charge in [-0.15, -0.1) is 11.3 Å². The number of carbonyl (C=O) groups excluding carboxylic acids is 2. The van der Waals surface area contributed by atoms with Gasteiger partial charge in [-0.25, -0.2) is 0 Å². The van der Waals surface area contributed by atoms with Crippen molar-refractivity contribution in [2.45, 2.75) is 33.4 Å². The molecule has 8 heteroatoms. The first-order chi connectivity index (χ1) is 18.3. The molecule has 2 amide bonds. The number of hydrogen-bond acceptors (Lipinski definition) is 5. The van der Waals surface area contributed by atoms with Crippen LogP contribution in [0.5, 0.6) is 11.5 Å². The van der Waals surface area contributed by atoms with Crippen molar-refractivity contribution in [2.75, 3.05) is 14.2 Å². The smallest absolute Gasteiger partial charge is 0.279 e. The van der Waals surface area contributed by atoms with Crippen molar-refractivity contribution in [3.63, 3.8) is 0 Å². The van der Waals surface area contributed by atoms with Crippen LogP contribution in [0.3, 0.4) is 0 Å². The van der Waals surface area contributed by atoms with Crippen LogP contribution >= 0.6 is 11.3 Å². The molecular weight excluding hydrogens is 498 g/mol. The van der Waals surface area contributed by atoms with Crippen LogP contribution in [0.15, 0.2) is 77.8 Å². The minimum absolute atomic E-state index is 0.114. The summed E-state index contributed by atoms with van der Waals surface area (Å²) in [6.07, 6.45) is 0. The molecule has 1 aromatic heterocycles. The van der Waals surface area contributed by atoms with Crippen molar-refractivity contribution in [2.24, 2.45) is 4.99 Å². The van der Waals surface area contributed by atoms with Crippen molar-refractivity contribution >= 4 is 23.2 Å². The molecular formula is C30H31N3O4S. The predicted octanol–water partition coefficient (Wildman–Crippen LogP) is 5.46. The highest BCUT2D eigenvalue weighted by Crippen LogP contribution is 2.27. The Morgan fingerprint density at radius 1 is 0.921 bits per heavy atom. The Bertz CT molecular complexity index is 1520. The van der Waals surface area contributed by atoms with Crippen molar-refractivity contribution in [3.05, 3.63) is 110 Å². The second kappa shape index (κ2) is 11.9. The fourth-order valence-electron chi connectivity index (χ4n) is 4.09. The van der Waals surface area contributed by atoms with Crippen LogP contribution in [0, 0.1) is 13.8 Å². The van der Waals surface area contributed by atoms with E-state index in [0.29, 0.717) is 34.0 Å². The number of ether oxygens (including phenoxy) is 2. The monoisotopic (exact) mass is 529 g/mol. The highest BCUT2D eigenvalue weighted by molar-refractivity contribution is 7.09. The summed E-state index contributed by atoms with van der Waals surface area (Å²) in [5.74, 6) is 0.504. The highest BCUT2D eigenvalue weighted by atomic mass is 32.1. The number of aryl methyl sites for hydroxylation is 1. The van der Waals surface area contributed by atoms with Crippen LogP contribution in [-0.4, -0.2) is 30.6 Å². The Morgan fingerprint density at radius 3 is 2.37 bits per heavy atom. The standard InChI is InChI=1S/C30H31N3O4S/c1-19(23-11-7-6-8-12-23)31-28(34)24-13-9-10-22(16-24)18-33-20(2)21(3)38-30(33)32-29(35)25-14-15-26(36-4)27(17-25)37-5/h6-17,19H,18H2,1-5H3,(H,31,34)/t19-/m0/s1. The van der Waals surface area contributed by atoms with E-state index in [-0.39, 0.29) is 17.9 Å². The molecule has 38 heavy (non-hydrogen) atoms. The van der Waals surface area contributed by atoms with Crippen LogP contribution in [-0.2, 0) is 6.54 Å². The molecule has 196 valence electrons. The van der Waals surface area contributed by atoms with E-state index in [2.05, 4.69) is 10.3 Å². The van der Waals surface area contributed by atoms with E-state index in [1.807, 2.05) is 73.9 Å². The molecule has 0 saturated heterocycles. The summed E-state index contributed by atoms with van der Waals surface area (Å²) in [4.78, 5) is 32.1. The SMILES string of the molecule is COc1ccc(C(=O)N=c2sc(C)c(C)n2Cc2cccc(C(=O)N[C@@H](C)c3ccccc3)c2)cc1OC. The summed E-state index contributed by atoms with van der Waals surface area (Å²) in [5, 5.41) is 3.07. The molecule has 0 aliphatic heterocycles. The molecule has 0 bridgehead atoms. The van der Waals surface area contributed by atoms with Gasteiger partial charge in [0, 0.05) is 21.7 Å². The maximum absolute atomic E-state index is 13.0. The first-order valence-electron chi connectivity index (χ1n) is 12.2. The van der Waals surface area contributed by atoms with Crippen LogP contribution in [0.1, 0.15) is 55.4 Å². The first-order valence-corrected chi connectivity index (χ1v) is 13.0. The zero-order valence-corrected chi connectivity index (χ0v) is 23.0. The van der Waals surface area contributed by atoms with Crippen molar-refractivity contribution in [3.8, 4) is 11.5 Å². The maximum Gasteiger partial charge on any atom is 0.279 e. The van der Waals surface area contributed by atoms with Gasteiger partial charge < -0.3 is 19.4 Å². The predicted molar refractivity (Wildman–Crippen MR) is 149 cm³/mol. The molecule has 0 radical (unpaired) electrons. The van der Waals surface area contributed by atoms with E-state index >= 15 is 0 Å². The van der Waals surface area contributed by atoms with Gasteiger partial charge in [-0.1, -0.05) is 42.5 Å². The molecule has 0 unspecified atom stereocenters. The van der Waals surface area contributed by atoms with Gasteiger partial charge in [0.15, 0.2) is 16.3 Å². The summed E-state index contributed by atoms with van der Waals surface area (Å²) < 4.78 is 12.6. The fraction of sp³-hybridized carbons (Fsp3) is 0.233. The first kappa shape index (κ1) is 26.9. The van der Waals surface area contributed by atoms with Crippen molar-refractivity contribution < 1.29 is 19.1 Å². The minimum Gasteiger partial charge on any atom is -0.493 e. The van der Waals surface area contributed by atoms with Gasteiger partial charge in [-0.2, -0.15) is 4.99 Å². The third-order valence-electron chi connectivity index (χ3n) is 6.39. The molecule has 0 fully saturated rings. The Kier molecular flexibility index (Phi) is 8.43. The van der Waals surface area contributed by atoms with Gasteiger partial charge in [-0.05, 0) is 62.2 Å². The number of nitrogens with one attached hydrogen (secondary N) is 1. The van der Waals surface area contributed by atoms with E-state index in [0.717, 1.165) is 21.7 Å². The minimum atomic E-state index is -0.371. The molecule has 7 nitrogen and oxygen atoms in total. The lowest BCUT2D eigenvalue weighted by Gasteiger charge is -2.15. The van der Waals surface area contributed by atoms with Gasteiger partial charge in [0.1, 0.15) is 0 Å². The van der Waals surface area contributed by atoms with Gasteiger partial charge in [-0.3, -0.25) is 9.59 Å². The molecule has 0 aliphatic rings. The summed E-state index contributed by atoms with van der Waals surface area (Å²) in [7, 11) is 3.08. The third-order valence-corrected chi connectivity index (χ3v) is 7.49. The number of hydrogen-bond donors (Lipinski definition) is 1. The molecule has 1 atom stereocenters. The number of nitrogens with zero attached hydrogens (tertiary/aromatic N) is 2. The Hall–Kier alpha value is -4.17. The van der Waals surface area contributed by atoms with E-state index in [4.69, 9.17) is 9.47 Å². The van der Waals surface area contributed by atoms with Gasteiger partial charge >= 0.3 is 0 Å². The number of rotatable bonds is 8. The van der Waals surface area contributed by atoms with E-state index in [9.17, 15) is 9.59 Å². The van der Waals surface area contributed by atoms with E-state index < -0.39 is 0 Å². The second-order valence-corrected chi connectivity index (χ2v) is 10.1. The van der Waals surface area contributed by atoms with Crippen molar-refractivity contribution in [1.29, 1.82) is 0 Å². The number of thiazole rings is 1. The molecule has 4 rings (SSSR count). The quantitative estimate of drug-likeness (QED) is 0.328. The number of amides is 2. The van der Waals surface area contributed by atoms with Crippen LogP contribution in [0.2, 0.25) is 0 Å². The average molecular weight is 530 g/mol. The largest absolute Gasteiger partial charge is 0.493 e. The lowest BCUT2D eigenvalue weighted by atomic mass is 10.1. The normalized spacial score (nSPS) is 12.2. The van der Waals surface area contributed by atoms with Crippen LogP contribution in [0.4, 0.5) is 0 Å². The summed E-state index contributed by atoms with van der Waals surface area (Å²) in [6, 6.07) is 22.3. The van der Waals surface area contributed by atoms with E-state index in [1.54, 1.807) is 31.4 Å². The zero-order valence-electron chi connectivity index (χ0n) is 22.1. The molecule has 0 aliphatic carbocycles. The molecule has 4 aromatic rings. The highest BCUT2D eigenvalue weighted by Gasteiger charge is 2.15. The Morgan fingerprint density at radius 2 is 1.66 bits per heavy atom.